The summed E-state index contributed by atoms with van der Waals surface area (Å²) in [6, 6.07) is -0.0423. The van der Waals surface area contributed by atoms with E-state index in [1.165, 1.54) is 0 Å². The summed E-state index contributed by atoms with van der Waals surface area (Å²) >= 11 is 0. The van der Waals surface area contributed by atoms with Gasteiger partial charge in [0.2, 0.25) is 0 Å². The Morgan fingerprint density at radius 3 is 2.79 bits per heavy atom. The molecule has 82 valence electrons. The van der Waals surface area contributed by atoms with Crippen LogP contribution >= 0.6 is 0 Å². The van der Waals surface area contributed by atoms with E-state index in [2.05, 4.69) is 15.6 Å². The van der Waals surface area contributed by atoms with Crippen molar-refractivity contribution in [2.45, 2.75) is 26.0 Å². The van der Waals surface area contributed by atoms with Gasteiger partial charge in [0.15, 0.2) is 5.96 Å². The molecule has 0 aromatic rings. The summed E-state index contributed by atoms with van der Waals surface area (Å²) in [6.45, 7) is 6.46. The zero-order chi connectivity index (χ0) is 10.4. The van der Waals surface area contributed by atoms with Crippen LogP contribution < -0.4 is 10.6 Å². The maximum Gasteiger partial charge on any atom is 0.191 e. The van der Waals surface area contributed by atoms with Crippen LogP contribution in [0.1, 0.15) is 13.8 Å². The van der Waals surface area contributed by atoms with Crippen molar-refractivity contribution in [2.24, 2.45) is 4.99 Å². The number of hydrogen-bond acceptors (Lipinski definition) is 3. The Morgan fingerprint density at radius 2 is 2.29 bits per heavy atom. The van der Waals surface area contributed by atoms with Crippen molar-refractivity contribution in [3.8, 4) is 0 Å². The molecule has 0 unspecified atom stereocenters. The summed E-state index contributed by atoms with van der Waals surface area (Å²) in [7, 11) is 0. The Bertz CT molecular complexity index is 196. The third kappa shape index (κ3) is 3.16. The van der Waals surface area contributed by atoms with E-state index in [1.807, 2.05) is 13.8 Å². The third-order valence-corrected chi connectivity index (χ3v) is 2.03. The maximum absolute atomic E-state index is 9.50. The molecule has 0 aliphatic carbocycles. The van der Waals surface area contributed by atoms with E-state index in [-0.39, 0.29) is 6.04 Å². The zero-order valence-corrected chi connectivity index (χ0v) is 8.79. The molecule has 1 aliphatic rings. The number of nitrogens with zero attached hydrogens (tertiary/aromatic N) is 1. The normalized spacial score (nSPS) is 27.8. The summed E-state index contributed by atoms with van der Waals surface area (Å²) < 4.78 is 5.13. The molecule has 0 aromatic heterocycles. The maximum atomic E-state index is 9.50. The van der Waals surface area contributed by atoms with E-state index < -0.39 is 6.10 Å². The highest BCUT2D eigenvalue weighted by Crippen LogP contribution is 2.04. The lowest BCUT2D eigenvalue weighted by atomic mass is 10.2. The Hall–Kier alpha value is -0.810. The van der Waals surface area contributed by atoms with Gasteiger partial charge in [-0.05, 0) is 13.8 Å². The number of aliphatic hydroxyl groups is 1. The molecule has 1 fully saturated rings. The molecule has 1 saturated heterocycles. The van der Waals surface area contributed by atoms with Crippen LogP contribution in [-0.2, 0) is 4.74 Å². The Morgan fingerprint density at radius 1 is 1.50 bits per heavy atom. The van der Waals surface area contributed by atoms with E-state index in [9.17, 15) is 5.11 Å². The van der Waals surface area contributed by atoms with E-state index in [0.29, 0.717) is 13.2 Å². The van der Waals surface area contributed by atoms with E-state index in [0.717, 1.165) is 19.0 Å². The van der Waals surface area contributed by atoms with Gasteiger partial charge in [-0.2, -0.15) is 0 Å². The highest BCUT2D eigenvalue weighted by Gasteiger charge is 2.26. The standard InChI is InChI=1S/C9H19N3O2/c1-3-10-9(11-4-2)12-7-5-14-6-8(7)13/h7-8,13H,3-6H2,1-2H3,(H2,10,11,12)/t7-,8-/m1/s1. The molecule has 1 heterocycles. The average molecular weight is 201 g/mol. The van der Waals surface area contributed by atoms with Gasteiger partial charge in [0.05, 0.1) is 25.4 Å². The van der Waals surface area contributed by atoms with Crippen LogP contribution in [0.4, 0.5) is 0 Å². The van der Waals surface area contributed by atoms with Gasteiger partial charge in [-0.1, -0.05) is 0 Å². The number of aliphatic imine (C=N–C) groups is 1. The van der Waals surface area contributed by atoms with Gasteiger partial charge in [0.1, 0.15) is 0 Å². The van der Waals surface area contributed by atoms with Crippen molar-refractivity contribution in [1.29, 1.82) is 0 Å². The highest BCUT2D eigenvalue weighted by molar-refractivity contribution is 5.80. The fourth-order valence-corrected chi connectivity index (χ4v) is 1.33. The second kappa shape index (κ2) is 5.82. The van der Waals surface area contributed by atoms with Crippen molar-refractivity contribution in [3.63, 3.8) is 0 Å². The number of aliphatic hydroxyl groups excluding tert-OH is 1. The lowest BCUT2D eigenvalue weighted by molar-refractivity contribution is 0.123. The smallest absolute Gasteiger partial charge is 0.191 e. The fraction of sp³-hybridized carbons (Fsp3) is 0.889. The monoisotopic (exact) mass is 201 g/mol. The molecule has 0 aromatic carbocycles. The van der Waals surface area contributed by atoms with Gasteiger partial charge >= 0.3 is 0 Å². The van der Waals surface area contributed by atoms with Gasteiger partial charge < -0.3 is 20.5 Å². The predicted octanol–water partition coefficient (Wildman–Crippen LogP) is -0.679. The molecule has 1 rings (SSSR count). The lowest BCUT2D eigenvalue weighted by Gasteiger charge is -2.18. The largest absolute Gasteiger partial charge is 0.388 e. The Balaban J connectivity index is 2.42. The van der Waals surface area contributed by atoms with Crippen molar-refractivity contribution < 1.29 is 9.84 Å². The van der Waals surface area contributed by atoms with E-state index >= 15 is 0 Å². The fourth-order valence-electron chi connectivity index (χ4n) is 1.33. The summed E-state index contributed by atoms with van der Waals surface area (Å²) in [5, 5.41) is 15.7. The number of nitrogens with one attached hydrogen (secondary N) is 2. The molecule has 2 atom stereocenters. The van der Waals surface area contributed by atoms with Crippen LogP contribution in [0.25, 0.3) is 0 Å². The Labute approximate surface area is 84.6 Å². The molecule has 0 radical (unpaired) electrons. The molecule has 0 spiro atoms. The van der Waals surface area contributed by atoms with E-state index in [1.54, 1.807) is 0 Å². The van der Waals surface area contributed by atoms with Crippen molar-refractivity contribution in [2.75, 3.05) is 26.3 Å². The van der Waals surface area contributed by atoms with Crippen LogP contribution in [-0.4, -0.2) is 49.5 Å². The molecule has 5 nitrogen and oxygen atoms in total. The third-order valence-electron chi connectivity index (χ3n) is 2.03. The summed E-state index contributed by atoms with van der Waals surface area (Å²) in [5.74, 6) is 0.740. The first-order valence-electron chi connectivity index (χ1n) is 5.08. The SMILES string of the molecule is CCN=C(NCC)N[C@@H]1COC[C@H]1O. The minimum atomic E-state index is -0.435. The number of rotatable bonds is 3. The van der Waals surface area contributed by atoms with Gasteiger partial charge in [-0.25, -0.2) is 0 Å². The van der Waals surface area contributed by atoms with E-state index in [4.69, 9.17) is 4.74 Å². The molecular weight excluding hydrogens is 182 g/mol. The van der Waals surface area contributed by atoms with Crippen LogP contribution in [0.3, 0.4) is 0 Å². The Kier molecular flexibility index (Phi) is 4.69. The summed E-state index contributed by atoms with van der Waals surface area (Å²) in [5.41, 5.74) is 0. The minimum absolute atomic E-state index is 0.0423. The second-order valence-electron chi connectivity index (χ2n) is 3.21. The number of ether oxygens (including phenoxy) is 1. The molecule has 0 amide bonds. The van der Waals surface area contributed by atoms with Crippen LogP contribution in [0, 0.1) is 0 Å². The molecule has 1 aliphatic heterocycles. The molecule has 0 saturated carbocycles. The van der Waals surface area contributed by atoms with Gasteiger partial charge in [-0.3, -0.25) is 4.99 Å². The molecule has 14 heavy (non-hydrogen) atoms. The van der Waals surface area contributed by atoms with Gasteiger partial charge in [-0.15, -0.1) is 0 Å². The van der Waals surface area contributed by atoms with Crippen molar-refractivity contribution in [1.82, 2.24) is 10.6 Å². The minimum Gasteiger partial charge on any atom is -0.388 e. The van der Waals surface area contributed by atoms with Gasteiger partial charge in [0, 0.05) is 13.1 Å². The first kappa shape index (κ1) is 11.3. The van der Waals surface area contributed by atoms with Crippen LogP contribution in [0.15, 0.2) is 4.99 Å². The predicted molar refractivity (Wildman–Crippen MR) is 55.4 cm³/mol. The van der Waals surface area contributed by atoms with Crippen molar-refractivity contribution in [3.05, 3.63) is 0 Å². The molecular formula is C9H19N3O2. The molecule has 5 heteroatoms. The summed E-state index contributed by atoms with van der Waals surface area (Å²) in [4.78, 5) is 4.24. The molecule has 3 N–H and O–H groups in total. The van der Waals surface area contributed by atoms with Crippen LogP contribution in [0.5, 0.6) is 0 Å². The lowest BCUT2D eigenvalue weighted by Crippen LogP contribution is -2.48. The first-order valence-corrected chi connectivity index (χ1v) is 5.08. The second-order valence-corrected chi connectivity index (χ2v) is 3.21. The molecule has 0 bridgehead atoms. The van der Waals surface area contributed by atoms with Gasteiger partial charge in [0.25, 0.3) is 0 Å². The summed E-state index contributed by atoms with van der Waals surface area (Å²) in [6.07, 6.45) is -0.435. The number of hydrogen-bond donors (Lipinski definition) is 3. The topological polar surface area (TPSA) is 65.9 Å². The van der Waals surface area contributed by atoms with Crippen molar-refractivity contribution >= 4 is 5.96 Å². The zero-order valence-electron chi connectivity index (χ0n) is 8.79. The number of guanidine groups is 1. The first-order chi connectivity index (χ1) is 6.77. The highest BCUT2D eigenvalue weighted by atomic mass is 16.5. The quantitative estimate of drug-likeness (QED) is 0.418. The average Bonchev–Trinajstić information content (AvgIpc) is 2.53. The van der Waals surface area contributed by atoms with Crippen LogP contribution in [0.2, 0.25) is 0 Å².